The minimum Gasteiger partial charge on any atom is -0.363 e. The number of rotatable bonds is 8. The highest BCUT2D eigenvalue weighted by atomic mass is 19.1. The van der Waals surface area contributed by atoms with Gasteiger partial charge >= 0.3 is 5.69 Å². The first kappa shape index (κ1) is 36.1. The maximum absolute atomic E-state index is 17.1. The first-order valence-corrected chi connectivity index (χ1v) is 18.3. The number of aryl methyl sites for hydroxylation is 3. The second-order valence-corrected chi connectivity index (χ2v) is 15.1. The molecule has 6 heterocycles. The van der Waals surface area contributed by atoms with Crippen LogP contribution in [0.5, 0.6) is 0 Å². The van der Waals surface area contributed by atoms with Crippen LogP contribution in [0.15, 0.2) is 52.7 Å². The molecule has 13 heteroatoms. The summed E-state index contributed by atoms with van der Waals surface area (Å²) in [5, 5.41) is 0.490. The van der Waals surface area contributed by atoms with E-state index < -0.39 is 5.82 Å². The Morgan fingerprint density at radius 3 is 2.55 bits per heavy atom. The molecule has 0 aliphatic carbocycles. The smallest absolute Gasteiger partial charge is 0.326 e. The van der Waals surface area contributed by atoms with Gasteiger partial charge in [0.25, 0.3) is 5.56 Å². The first-order chi connectivity index (χ1) is 25.2. The zero-order valence-electron chi connectivity index (χ0n) is 31.8. The number of hydrogen-bond donors (Lipinski definition) is 1. The van der Waals surface area contributed by atoms with Crippen LogP contribution < -0.4 is 21.0 Å². The van der Waals surface area contributed by atoms with E-state index >= 15 is 9.18 Å². The number of halogens is 1. The summed E-state index contributed by atoms with van der Waals surface area (Å²) in [6, 6.07) is 6.66. The zero-order valence-corrected chi connectivity index (χ0v) is 31.8. The number of hydrogen-bond acceptors (Lipinski definition) is 8. The molecule has 2 aliphatic rings. The molecule has 1 aromatic carbocycles. The lowest BCUT2D eigenvalue weighted by atomic mass is 9.97. The third kappa shape index (κ3) is 5.91. The number of carbonyl (C=O) groups excluding carboxylic acids is 1. The molecule has 1 saturated heterocycles. The molecule has 53 heavy (non-hydrogen) atoms. The lowest BCUT2D eigenvalue weighted by molar-refractivity contribution is -0.128. The molecule has 5 aromatic rings. The summed E-state index contributed by atoms with van der Waals surface area (Å²) in [5.74, 6) is -0.752. The maximum Gasteiger partial charge on any atom is 0.326 e. The largest absolute Gasteiger partial charge is 0.363 e. The second kappa shape index (κ2) is 13.6. The molecule has 2 atom stereocenters. The van der Waals surface area contributed by atoms with E-state index in [-0.39, 0.29) is 40.9 Å². The van der Waals surface area contributed by atoms with Crippen molar-refractivity contribution in [2.24, 2.45) is 7.05 Å². The molecule has 4 aromatic heterocycles. The summed E-state index contributed by atoms with van der Waals surface area (Å²) in [7, 11) is 5.68. The van der Waals surface area contributed by atoms with Crippen molar-refractivity contribution in [2.75, 3.05) is 56.6 Å². The number of nitrogens with zero attached hydrogens (tertiary/aromatic N) is 8. The number of pyridine rings is 3. The molecule has 1 amide bonds. The van der Waals surface area contributed by atoms with E-state index in [9.17, 15) is 9.59 Å². The summed E-state index contributed by atoms with van der Waals surface area (Å²) in [6.07, 6.45) is 3.88. The lowest BCUT2D eigenvalue weighted by Crippen LogP contribution is -2.64. The molecule has 12 nitrogen and oxygen atoms in total. The van der Waals surface area contributed by atoms with Gasteiger partial charge in [-0.2, -0.15) is 0 Å². The number of imidazole rings is 1. The summed E-state index contributed by atoms with van der Waals surface area (Å²) in [4.78, 5) is 62.3. The zero-order chi connectivity index (χ0) is 38.0. The minimum atomic E-state index is -0.573. The van der Waals surface area contributed by atoms with Gasteiger partial charge in [-0.05, 0) is 89.2 Å². The highest BCUT2D eigenvalue weighted by Gasteiger charge is 2.42. The Balaban J connectivity index is 1.60. The van der Waals surface area contributed by atoms with Crippen LogP contribution in [0.4, 0.5) is 15.8 Å². The fourth-order valence-corrected chi connectivity index (χ4v) is 8.26. The molecule has 0 radical (unpaired) electrons. The second-order valence-electron chi connectivity index (χ2n) is 15.1. The van der Waals surface area contributed by atoms with Crippen molar-refractivity contribution in [3.63, 3.8) is 0 Å². The van der Waals surface area contributed by atoms with E-state index in [2.05, 4.69) is 26.3 Å². The van der Waals surface area contributed by atoms with Gasteiger partial charge in [-0.3, -0.25) is 23.7 Å². The first-order valence-electron chi connectivity index (χ1n) is 18.3. The van der Waals surface area contributed by atoms with Gasteiger partial charge in [0.1, 0.15) is 17.2 Å². The Bertz CT molecular complexity index is 2410. The van der Waals surface area contributed by atoms with Crippen LogP contribution in [0.1, 0.15) is 49.9 Å². The van der Waals surface area contributed by atoms with Crippen molar-refractivity contribution in [2.45, 2.75) is 59.0 Å². The maximum atomic E-state index is 17.1. The molecule has 2 aliphatic heterocycles. The van der Waals surface area contributed by atoms with E-state index in [4.69, 9.17) is 9.97 Å². The van der Waals surface area contributed by atoms with Crippen LogP contribution in [0, 0.1) is 19.7 Å². The lowest BCUT2D eigenvalue weighted by Gasteiger charge is -2.52. The van der Waals surface area contributed by atoms with Crippen LogP contribution in [0.2, 0.25) is 0 Å². The number of carbonyl (C=O) groups is 1. The van der Waals surface area contributed by atoms with E-state index in [0.717, 1.165) is 29.8 Å². The molecule has 1 fully saturated rings. The van der Waals surface area contributed by atoms with Crippen LogP contribution >= 0.6 is 0 Å². The van der Waals surface area contributed by atoms with Crippen LogP contribution in [-0.4, -0.2) is 98.7 Å². The van der Waals surface area contributed by atoms with E-state index in [1.54, 1.807) is 23.9 Å². The quantitative estimate of drug-likeness (QED) is 0.226. The minimum absolute atomic E-state index is 0.0370. The van der Waals surface area contributed by atoms with Gasteiger partial charge in [0.15, 0.2) is 5.65 Å². The molecule has 1 N–H and O–H groups in total. The van der Waals surface area contributed by atoms with E-state index in [1.165, 1.54) is 16.7 Å². The van der Waals surface area contributed by atoms with Gasteiger partial charge in [-0.15, -0.1) is 0 Å². The number of anilines is 2. The monoisotopic (exact) mass is 721 g/mol. The Morgan fingerprint density at radius 1 is 1.09 bits per heavy atom. The number of nitrogens with one attached hydrogen (secondary N) is 1. The molecule has 278 valence electrons. The van der Waals surface area contributed by atoms with Crippen molar-refractivity contribution < 1.29 is 9.18 Å². The van der Waals surface area contributed by atoms with Crippen molar-refractivity contribution in [1.82, 2.24) is 33.9 Å². The van der Waals surface area contributed by atoms with Crippen molar-refractivity contribution in [3.8, 4) is 16.9 Å². The summed E-state index contributed by atoms with van der Waals surface area (Å²) >= 11 is 0. The highest BCUT2D eigenvalue weighted by Crippen LogP contribution is 2.44. The molecule has 7 rings (SSSR count). The van der Waals surface area contributed by atoms with Gasteiger partial charge in [0.05, 0.1) is 34.1 Å². The predicted molar refractivity (Wildman–Crippen MR) is 209 cm³/mol. The Hall–Kier alpha value is -5.30. The average molecular weight is 722 g/mol. The fraction of sp³-hybridized carbons (Fsp3) is 0.425. The normalized spacial score (nSPS) is 17.3. The van der Waals surface area contributed by atoms with Gasteiger partial charge < -0.3 is 24.6 Å². The molecule has 2 unspecified atom stereocenters. The number of amides is 1. The SMILES string of the molecule is C=CC(=O)N1CC2CN(CCCN(C)C)c3c(c4cc(F)c(-c5c(C)ccc6[nH]c(=O)n(C)c56)nc4n(-c4c(C)ccnc4C(C)C)c3=O)N2CC1C. The van der Waals surface area contributed by atoms with Crippen LogP contribution in [0.3, 0.4) is 0 Å². The van der Waals surface area contributed by atoms with Gasteiger partial charge in [0.2, 0.25) is 5.91 Å². The fourth-order valence-electron chi connectivity index (χ4n) is 8.26. The van der Waals surface area contributed by atoms with E-state index in [0.29, 0.717) is 70.9 Å². The third-order valence-corrected chi connectivity index (χ3v) is 10.8. The molecular weight excluding hydrogens is 673 g/mol. The molecular formula is C40H48FN9O3. The number of piperazine rings is 1. The average Bonchev–Trinajstić information content (AvgIpc) is 3.40. The van der Waals surface area contributed by atoms with Crippen molar-refractivity contribution in [1.29, 1.82) is 0 Å². The number of benzene rings is 1. The van der Waals surface area contributed by atoms with Crippen molar-refractivity contribution in [3.05, 3.63) is 86.6 Å². The Morgan fingerprint density at radius 2 is 1.85 bits per heavy atom. The van der Waals surface area contributed by atoms with Crippen LogP contribution in [0.25, 0.3) is 39.0 Å². The third-order valence-electron chi connectivity index (χ3n) is 10.8. The molecule has 0 spiro atoms. The van der Waals surface area contributed by atoms with Gasteiger partial charge in [-0.25, -0.2) is 14.2 Å². The highest BCUT2D eigenvalue weighted by molar-refractivity contribution is 6.02. The number of aromatic nitrogens is 5. The van der Waals surface area contributed by atoms with E-state index in [1.807, 2.05) is 65.7 Å². The number of H-pyrrole nitrogens is 1. The summed E-state index contributed by atoms with van der Waals surface area (Å²) < 4.78 is 20.2. The number of fused-ring (bicyclic) bond motifs is 6. The summed E-state index contributed by atoms with van der Waals surface area (Å²) in [5.41, 5.74) is 5.34. The topological polar surface area (TPSA) is 116 Å². The standard InChI is InChI=1S/C40H48FN9O3/c1-10-30(51)48-21-26-20-47(17-11-16-45(7)8)37-35(49(26)19-25(48)6)27-18-28(41)33(31-23(4)12-13-29-36(31)46(9)40(53)43-29)44-38(27)50(39(37)52)34-24(5)14-15-42-32(34)22(2)3/h10,12-15,18,22,25-26H,1,11,16-17,19-21H2,2-9H3,(H,43,53). The Kier molecular flexibility index (Phi) is 9.25. The van der Waals surface area contributed by atoms with Crippen molar-refractivity contribution >= 4 is 39.3 Å². The molecule has 0 bridgehead atoms. The van der Waals surface area contributed by atoms with Crippen LogP contribution in [-0.2, 0) is 11.8 Å². The number of aromatic amines is 1. The summed E-state index contributed by atoms with van der Waals surface area (Å²) in [6.45, 7) is 16.4. The van der Waals surface area contributed by atoms with Gasteiger partial charge in [0, 0.05) is 56.4 Å². The molecule has 0 saturated carbocycles. The predicted octanol–water partition coefficient (Wildman–Crippen LogP) is 4.87. The Labute approximate surface area is 308 Å². The van der Waals surface area contributed by atoms with Gasteiger partial charge in [-0.1, -0.05) is 26.5 Å².